The van der Waals surface area contributed by atoms with Gasteiger partial charge in [-0.1, -0.05) is 41.9 Å². The van der Waals surface area contributed by atoms with Crippen molar-refractivity contribution in [2.45, 2.75) is 26.8 Å². The van der Waals surface area contributed by atoms with Crippen LogP contribution in [0.15, 0.2) is 83.3 Å². The first kappa shape index (κ1) is 24.4. The monoisotopic (exact) mass is 490 g/mol. The number of carbonyl (C=O) groups is 1. The second kappa shape index (κ2) is 11.6. The molecule has 0 aliphatic heterocycles. The quantitative estimate of drug-likeness (QED) is 0.254. The summed E-state index contributed by atoms with van der Waals surface area (Å²) in [5.41, 5.74) is 2.82. The Morgan fingerprint density at radius 1 is 0.971 bits per heavy atom. The van der Waals surface area contributed by atoms with Gasteiger partial charge in [0, 0.05) is 30.1 Å². The summed E-state index contributed by atoms with van der Waals surface area (Å²) in [6.45, 7) is 5.27. The van der Waals surface area contributed by atoms with Crippen LogP contribution >= 0.6 is 11.6 Å². The molecule has 6 nitrogen and oxygen atoms in total. The number of halogens is 1. The third kappa shape index (κ3) is 6.64. The van der Waals surface area contributed by atoms with Crippen LogP contribution in [0.1, 0.15) is 23.9 Å². The second-order valence-electron chi connectivity index (χ2n) is 7.97. The van der Waals surface area contributed by atoms with E-state index >= 15 is 0 Å². The lowest BCUT2D eigenvalue weighted by Gasteiger charge is -2.20. The zero-order valence-corrected chi connectivity index (χ0v) is 20.5. The van der Waals surface area contributed by atoms with E-state index in [1.807, 2.05) is 68.4 Å². The highest BCUT2D eigenvalue weighted by Gasteiger charge is 2.15. The number of oxazole rings is 1. The summed E-state index contributed by atoms with van der Waals surface area (Å²) in [6.07, 6.45) is 0.234. The molecule has 0 bridgehead atoms. The summed E-state index contributed by atoms with van der Waals surface area (Å²) < 4.78 is 17.2. The molecule has 4 aromatic rings. The fourth-order valence-electron chi connectivity index (χ4n) is 3.51. The van der Waals surface area contributed by atoms with E-state index < -0.39 is 6.09 Å². The van der Waals surface area contributed by atoms with Gasteiger partial charge in [-0.05, 0) is 67.9 Å². The summed E-state index contributed by atoms with van der Waals surface area (Å²) in [5, 5.41) is 0.590. The number of amides is 1. The average molecular weight is 491 g/mol. The van der Waals surface area contributed by atoms with E-state index in [-0.39, 0.29) is 0 Å². The molecule has 4 rings (SSSR count). The van der Waals surface area contributed by atoms with Crippen molar-refractivity contribution in [2.24, 2.45) is 0 Å². The number of aryl methyl sites for hydroxylation is 1. The van der Waals surface area contributed by atoms with E-state index in [4.69, 9.17) is 25.5 Å². The van der Waals surface area contributed by atoms with E-state index in [9.17, 15) is 4.79 Å². The highest BCUT2D eigenvalue weighted by Crippen LogP contribution is 2.22. The number of carbonyl (C=O) groups excluding carboxylic acids is 1. The van der Waals surface area contributed by atoms with Crippen LogP contribution in [0.3, 0.4) is 0 Å². The summed E-state index contributed by atoms with van der Waals surface area (Å²) >= 11 is 5.88. The molecule has 0 saturated carbocycles. The standard InChI is InChI=1S/C28H27ClN2O4/c1-3-31(28(32)35-25-15-11-23(29)12-16-25)19-21-9-13-24(14-10-21)33-18-17-26-20(2)34-27(30-26)22-7-5-4-6-8-22/h4-16H,3,17-19H2,1-2H3. The molecule has 35 heavy (non-hydrogen) atoms. The lowest BCUT2D eigenvalue weighted by atomic mass is 10.2. The molecule has 1 aromatic heterocycles. The Bertz CT molecular complexity index is 1240. The molecule has 180 valence electrons. The molecule has 0 fully saturated rings. The van der Waals surface area contributed by atoms with Crippen LogP contribution in [0.5, 0.6) is 11.5 Å². The molecular weight excluding hydrogens is 464 g/mol. The van der Waals surface area contributed by atoms with E-state index in [0.717, 1.165) is 28.3 Å². The lowest BCUT2D eigenvalue weighted by molar-refractivity contribution is 0.152. The highest BCUT2D eigenvalue weighted by molar-refractivity contribution is 6.30. The van der Waals surface area contributed by atoms with Gasteiger partial charge in [0.25, 0.3) is 0 Å². The Labute approximate surface area is 210 Å². The molecule has 1 heterocycles. The molecule has 0 aliphatic carbocycles. The second-order valence-corrected chi connectivity index (χ2v) is 8.40. The predicted octanol–water partition coefficient (Wildman–Crippen LogP) is 6.95. The fourth-order valence-corrected chi connectivity index (χ4v) is 3.64. The smallest absolute Gasteiger partial charge is 0.415 e. The molecule has 0 atom stereocenters. The van der Waals surface area contributed by atoms with E-state index in [0.29, 0.717) is 42.8 Å². The van der Waals surface area contributed by atoms with Crippen molar-refractivity contribution in [3.8, 4) is 23.0 Å². The molecule has 1 amide bonds. The van der Waals surface area contributed by atoms with Gasteiger partial charge in [-0.25, -0.2) is 9.78 Å². The van der Waals surface area contributed by atoms with Gasteiger partial charge in [0.1, 0.15) is 17.3 Å². The molecule has 0 N–H and O–H groups in total. The van der Waals surface area contributed by atoms with Crippen molar-refractivity contribution in [3.63, 3.8) is 0 Å². The van der Waals surface area contributed by atoms with Gasteiger partial charge in [-0.15, -0.1) is 0 Å². The van der Waals surface area contributed by atoms with Gasteiger partial charge < -0.3 is 18.8 Å². The van der Waals surface area contributed by atoms with Crippen LogP contribution in [-0.4, -0.2) is 29.1 Å². The zero-order valence-electron chi connectivity index (χ0n) is 19.7. The van der Waals surface area contributed by atoms with E-state index in [1.54, 1.807) is 29.2 Å². The first-order valence-electron chi connectivity index (χ1n) is 11.5. The molecule has 0 unspecified atom stereocenters. The van der Waals surface area contributed by atoms with E-state index in [1.165, 1.54) is 0 Å². The average Bonchev–Trinajstić information content (AvgIpc) is 3.25. The SMILES string of the molecule is CCN(Cc1ccc(OCCc2nc(-c3ccccc3)oc2C)cc1)C(=O)Oc1ccc(Cl)cc1. The molecule has 7 heteroatoms. The molecule has 0 aliphatic rings. The normalized spacial score (nSPS) is 10.7. The van der Waals surface area contributed by atoms with Crippen LogP contribution in [0.4, 0.5) is 4.79 Å². The molecule has 3 aromatic carbocycles. The molecule has 0 saturated heterocycles. The van der Waals surface area contributed by atoms with Gasteiger partial charge in [0.2, 0.25) is 5.89 Å². The van der Waals surface area contributed by atoms with Gasteiger partial charge in [-0.3, -0.25) is 0 Å². The number of ether oxygens (including phenoxy) is 2. The van der Waals surface area contributed by atoms with Crippen molar-refractivity contribution in [1.29, 1.82) is 0 Å². The largest absolute Gasteiger partial charge is 0.493 e. The van der Waals surface area contributed by atoms with Crippen LogP contribution in [0, 0.1) is 6.92 Å². The highest BCUT2D eigenvalue weighted by atomic mass is 35.5. The lowest BCUT2D eigenvalue weighted by Crippen LogP contribution is -2.32. The maximum atomic E-state index is 12.5. The third-order valence-corrected chi connectivity index (χ3v) is 5.73. The molecule has 0 radical (unpaired) electrons. The van der Waals surface area contributed by atoms with Crippen molar-refractivity contribution in [2.75, 3.05) is 13.2 Å². The van der Waals surface area contributed by atoms with Crippen LogP contribution in [0.25, 0.3) is 11.5 Å². The van der Waals surface area contributed by atoms with Crippen molar-refractivity contribution < 1.29 is 18.7 Å². The number of nitrogens with zero attached hydrogens (tertiary/aromatic N) is 2. The Morgan fingerprint density at radius 2 is 1.66 bits per heavy atom. The zero-order chi connectivity index (χ0) is 24.6. The Kier molecular flexibility index (Phi) is 8.06. The third-order valence-electron chi connectivity index (χ3n) is 5.48. The van der Waals surface area contributed by atoms with Crippen molar-refractivity contribution in [3.05, 3.63) is 101 Å². The number of benzene rings is 3. The number of rotatable bonds is 9. The summed E-state index contributed by atoms with van der Waals surface area (Å²) in [5.74, 6) is 2.63. The van der Waals surface area contributed by atoms with Crippen LogP contribution in [-0.2, 0) is 13.0 Å². The molecule has 0 spiro atoms. The van der Waals surface area contributed by atoms with Gasteiger partial charge >= 0.3 is 6.09 Å². The maximum absolute atomic E-state index is 12.5. The van der Waals surface area contributed by atoms with Gasteiger partial charge in [0.15, 0.2) is 0 Å². The van der Waals surface area contributed by atoms with Crippen molar-refractivity contribution in [1.82, 2.24) is 9.88 Å². The van der Waals surface area contributed by atoms with Crippen LogP contribution < -0.4 is 9.47 Å². The Hall–Kier alpha value is -3.77. The first-order valence-corrected chi connectivity index (χ1v) is 11.9. The minimum Gasteiger partial charge on any atom is -0.493 e. The minimum atomic E-state index is -0.409. The maximum Gasteiger partial charge on any atom is 0.415 e. The number of hydrogen-bond acceptors (Lipinski definition) is 5. The summed E-state index contributed by atoms with van der Waals surface area (Å²) in [6, 6.07) is 24.2. The van der Waals surface area contributed by atoms with E-state index in [2.05, 4.69) is 4.98 Å². The van der Waals surface area contributed by atoms with Crippen molar-refractivity contribution >= 4 is 17.7 Å². The van der Waals surface area contributed by atoms with Gasteiger partial charge in [-0.2, -0.15) is 0 Å². The Balaban J connectivity index is 1.28. The van der Waals surface area contributed by atoms with Crippen LogP contribution in [0.2, 0.25) is 5.02 Å². The minimum absolute atomic E-state index is 0.409. The fraction of sp³-hybridized carbons (Fsp3) is 0.214. The number of hydrogen-bond donors (Lipinski definition) is 0. The molecular formula is C28H27ClN2O4. The summed E-state index contributed by atoms with van der Waals surface area (Å²) in [7, 11) is 0. The topological polar surface area (TPSA) is 64.8 Å². The summed E-state index contributed by atoms with van der Waals surface area (Å²) in [4.78, 5) is 18.8. The predicted molar refractivity (Wildman–Crippen MR) is 136 cm³/mol. The first-order chi connectivity index (χ1) is 17.0. The number of aromatic nitrogens is 1. The Morgan fingerprint density at radius 3 is 2.34 bits per heavy atom. The van der Waals surface area contributed by atoms with Gasteiger partial charge in [0.05, 0.1) is 12.3 Å².